The molecule has 146 valence electrons. The summed E-state index contributed by atoms with van der Waals surface area (Å²) in [5.74, 6) is -2.20. The van der Waals surface area contributed by atoms with Crippen molar-refractivity contribution in [2.45, 2.75) is 11.1 Å². The van der Waals surface area contributed by atoms with Crippen LogP contribution in [0, 0.1) is 24.2 Å². The molecule has 12 heteroatoms. The Labute approximate surface area is 169 Å². The van der Waals surface area contributed by atoms with Gasteiger partial charge in [0.05, 0.1) is 27.1 Å². The summed E-state index contributed by atoms with van der Waals surface area (Å²) in [6, 6.07) is 5.87. The molecule has 0 radical (unpaired) electrons. The van der Waals surface area contributed by atoms with Gasteiger partial charge in [0.1, 0.15) is 16.1 Å². The summed E-state index contributed by atoms with van der Waals surface area (Å²) < 4.78 is 26.6. The van der Waals surface area contributed by atoms with Crippen LogP contribution in [0.1, 0.15) is 21.6 Å². The van der Waals surface area contributed by atoms with Gasteiger partial charge in [0.2, 0.25) is 5.91 Å². The maximum atomic E-state index is 12.3. The van der Waals surface area contributed by atoms with Crippen molar-refractivity contribution < 1.29 is 23.1 Å². The molecule has 2 aromatic rings. The van der Waals surface area contributed by atoms with E-state index in [0.717, 1.165) is 11.3 Å². The molecule has 1 amide bonds. The van der Waals surface area contributed by atoms with E-state index < -0.39 is 27.8 Å². The van der Waals surface area contributed by atoms with Crippen molar-refractivity contribution in [1.82, 2.24) is 9.71 Å². The first-order valence-corrected chi connectivity index (χ1v) is 10.5. The number of sulfonamides is 1. The number of aromatic nitrogens is 1. The Balaban J connectivity index is 1.71. The lowest BCUT2D eigenvalue weighted by Gasteiger charge is -2.39. The number of pyridine rings is 1. The van der Waals surface area contributed by atoms with Crippen LogP contribution in [0.4, 0.5) is 5.82 Å². The van der Waals surface area contributed by atoms with Crippen molar-refractivity contribution >= 4 is 50.7 Å². The summed E-state index contributed by atoms with van der Waals surface area (Å²) >= 11 is 6.57. The molecule has 0 atom stereocenters. The Hall–Kier alpha value is -2.68. The number of rotatable bonds is 5. The van der Waals surface area contributed by atoms with Crippen molar-refractivity contribution in [3.63, 3.8) is 0 Å². The van der Waals surface area contributed by atoms with E-state index in [1.807, 2.05) is 10.8 Å². The van der Waals surface area contributed by atoms with E-state index in [9.17, 15) is 23.3 Å². The van der Waals surface area contributed by atoms with Gasteiger partial charge >= 0.3 is 5.97 Å². The number of anilines is 1. The molecule has 1 aliphatic rings. The third-order valence-electron chi connectivity index (χ3n) is 4.14. The number of halogens is 1. The molecule has 1 aliphatic heterocycles. The number of nitrogens with one attached hydrogen (secondary N) is 1. The molecule has 0 bridgehead atoms. The summed E-state index contributed by atoms with van der Waals surface area (Å²) in [4.78, 5) is 29.2. The number of nitrogens with zero attached hydrogens (tertiary/aromatic N) is 3. The number of hydrogen-bond donors (Lipinski definition) is 2. The summed E-state index contributed by atoms with van der Waals surface area (Å²) in [6.07, 6.45) is 0. The highest BCUT2D eigenvalue weighted by molar-refractivity contribution is 7.92. The van der Waals surface area contributed by atoms with Crippen molar-refractivity contribution in [1.29, 1.82) is 5.26 Å². The van der Waals surface area contributed by atoms with Crippen LogP contribution in [-0.4, -0.2) is 43.5 Å². The van der Waals surface area contributed by atoms with E-state index >= 15 is 0 Å². The van der Waals surface area contributed by atoms with Crippen LogP contribution in [0.3, 0.4) is 0 Å². The van der Waals surface area contributed by atoms with E-state index in [4.69, 9.17) is 16.7 Å². The molecule has 9 nitrogen and oxygen atoms in total. The highest BCUT2D eigenvalue weighted by Crippen LogP contribution is 2.29. The summed E-state index contributed by atoms with van der Waals surface area (Å²) in [7, 11) is -3.99. The van der Waals surface area contributed by atoms with Gasteiger partial charge in [-0.25, -0.2) is 22.9 Å². The topological polar surface area (TPSA) is 140 Å². The van der Waals surface area contributed by atoms with Crippen LogP contribution in [0.25, 0.3) is 0 Å². The number of carboxylic acid groups (broad SMARTS) is 1. The molecule has 2 N–H and O–H groups in total. The van der Waals surface area contributed by atoms with Gasteiger partial charge in [0.25, 0.3) is 10.0 Å². The van der Waals surface area contributed by atoms with Crippen LogP contribution in [0.5, 0.6) is 0 Å². The van der Waals surface area contributed by atoms with Gasteiger partial charge in [0, 0.05) is 13.1 Å². The largest absolute Gasteiger partial charge is 0.478 e. The zero-order valence-electron chi connectivity index (χ0n) is 14.3. The molecular weight excluding hydrogens is 428 g/mol. The fraction of sp³-hybridized carbons (Fsp3) is 0.250. The highest BCUT2D eigenvalue weighted by atomic mass is 35.5. The van der Waals surface area contributed by atoms with E-state index in [0.29, 0.717) is 0 Å². The Morgan fingerprint density at radius 1 is 1.43 bits per heavy atom. The molecule has 0 spiro atoms. The predicted molar refractivity (Wildman–Crippen MR) is 101 cm³/mol. The van der Waals surface area contributed by atoms with Crippen molar-refractivity contribution in [3.8, 4) is 6.07 Å². The molecule has 0 saturated carbocycles. The van der Waals surface area contributed by atoms with E-state index in [1.165, 1.54) is 25.1 Å². The lowest BCUT2D eigenvalue weighted by atomic mass is 9.98. The third-order valence-corrected chi connectivity index (χ3v) is 7.21. The highest BCUT2D eigenvalue weighted by Gasteiger charge is 2.37. The second kappa shape index (κ2) is 7.38. The van der Waals surface area contributed by atoms with Gasteiger partial charge in [-0.1, -0.05) is 11.6 Å². The predicted octanol–water partition coefficient (Wildman–Crippen LogP) is 1.62. The van der Waals surface area contributed by atoms with Crippen LogP contribution < -0.4 is 9.62 Å². The molecule has 28 heavy (non-hydrogen) atoms. The summed E-state index contributed by atoms with van der Waals surface area (Å²) in [5, 5.41) is 18.4. The fourth-order valence-electron chi connectivity index (χ4n) is 2.66. The minimum atomic E-state index is -3.99. The number of amides is 1. The SMILES string of the molecule is Cc1nc(N2CC(C(=O)NS(=O)(=O)c3ccc(Cl)s3)C2)c(C#N)cc1C(=O)O. The number of carbonyl (C=O) groups excluding carboxylic acids is 1. The van der Waals surface area contributed by atoms with Gasteiger partial charge in [-0.05, 0) is 25.1 Å². The monoisotopic (exact) mass is 440 g/mol. The number of hydrogen-bond acceptors (Lipinski definition) is 8. The van der Waals surface area contributed by atoms with Crippen LogP contribution >= 0.6 is 22.9 Å². The molecule has 1 fully saturated rings. The first kappa shape index (κ1) is 20.1. The smallest absolute Gasteiger partial charge is 0.337 e. The number of carbonyl (C=O) groups is 2. The second-order valence-corrected chi connectivity index (χ2v) is 9.66. The van der Waals surface area contributed by atoms with E-state index in [1.54, 1.807) is 4.90 Å². The quantitative estimate of drug-likeness (QED) is 0.714. The normalized spacial score (nSPS) is 14.2. The zero-order valence-corrected chi connectivity index (χ0v) is 16.7. The minimum absolute atomic E-state index is 0.0599. The number of thiophene rings is 1. The van der Waals surface area contributed by atoms with Gasteiger partial charge in [-0.15, -0.1) is 11.3 Å². The van der Waals surface area contributed by atoms with Crippen LogP contribution in [0.15, 0.2) is 22.4 Å². The Morgan fingerprint density at radius 3 is 2.64 bits per heavy atom. The summed E-state index contributed by atoms with van der Waals surface area (Å²) in [5.41, 5.74) is 0.241. The Bertz CT molecular complexity index is 1120. The van der Waals surface area contributed by atoms with Gasteiger partial charge in [-0.2, -0.15) is 5.26 Å². The molecule has 1 saturated heterocycles. The Morgan fingerprint density at radius 2 is 2.11 bits per heavy atom. The first-order chi connectivity index (χ1) is 13.1. The lowest BCUT2D eigenvalue weighted by Crippen LogP contribution is -2.55. The zero-order chi connectivity index (χ0) is 20.6. The number of aryl methyl sites for hydroxylation is 1. The van der Waals surface area contributed by atoms with Crippen molar-refractivity contribution in [2.75, 3.05) is 18.0 Å². The maximum absolute atomic E-state index is 12.3. The van der Waals surface area contributed by atoms with E-state index in [-0.39, 0.29) is 44.3 Å². The maximum Gasteiger partial charge on any atom is 0.337 e. The molecule has 0 unspecified atom stereocenters. The Kier molecular flexibility index (Phi) is 5.29. The van der Waals surface area contributed by atoms with Gasteiger partial charge < -0.3 is 10.0 Å². The number of aromatic carboxylic acids is 1. The average Bonchev–Trinajstić information content (AvgIpc) is 3.00. The standard InChI is InChI=1S/C16H13ClN4O5S2/c1-8-11(16(23)24)4-9(5-18)14(19-8)21-6-10(7-21)15(22)20-28(25,26)13-3-2-12(17)27-13/h2-4,10H,6-7H2,1H3,(H,20,22)(H,23,24). The van der Waals surface area contributed by atoms with Crippen molar-refractivity contribution in [3.05, 3.63) is 39.4 Å². The average molecular weight is 441 g/mol. The van der Waals surface area contributed by atoms with Crippen LogP contribution in [0.2, 0.25) is 4.34 Å². The fourth-order valence-corrected chi connectivity index (χ4v) is 5.18. The minimum Gasteiger partial charge on any atom is -0.478 e. The summed E-state index contributed by atoms with van der Waals surface area (Å²) in [6.45, 7) is 1.82. The van der Waals surface area contributed by atoms with Gasteiger partial charge in [-0.3, -0.25) is 4.79 Å². The molecule has 2 aromatic heterocycles. The molecule has 3 heterocycles. The molecule has 0 aliphatic carbocycles. The number of carboxylic acids is 1. The second-order valence-electron chi connectivity index (χ2n) is 6.04. The van der Waals surface area contributed by atoms with Gasteiger partial charge in [0.15, 0.2) is 0 Å². The number of nitriles is 1. The van der Waals surface area contributed by atoms with Crippen LogP contribution in [-0.2, 0) is 14.8 Å². The molecular formula is C16H13ClN4O5S2. The molecule has 3 rings (SSSR count). The lowest BCUT2D eigenvalue weighted by molar-refractivity contribution is -0.123. The third kappa shape index (κ3) is 3.80. The van der Waals surface area contributed by atoms with Crippen molar-refractivity contribution in [2.24, 2.45) is 5.92 Å². The molecule has 0 aromatic carbocycles. The van der Waals surface area contributed by atoms with E-state index in [2.05, 4.69) is 4.98 Å². The first-order valence-electron chi connectivity index (χ1n) is 7.84.